The van der Waals surface area contributed by atoms with Gasteiger partial charge in [0.25, 0.3) is 0 Å². The van der Waals surface area contributed by atoms with Gasteiger partial charge in [0.15, 0.2) is 5.96 Å². The van der Waals surface area contributed by atoms with E-state index in [2.05, 4.69) is 25.7 Å². The Bertz CT molecular complexity index is 978. The summed E-state index contributed by atoms with van der Waals surface area (Å²) in [6.45, 7) is 5.22. The van der Waals surface area contributed by atoms with Crippen LogP contribution in [0.2, 0.25) is 0 Å². The van der Waals surface area contributed by atoms with E-state index in [1.54, 1.807) is 36.2 Å². The molecule has 0 aliphatic heterocycles. The van der Waals surface area contributed by atoms with Crippen molar-refractivity contribution in [3.63, 3.8) is 0 Å². The van der Waals surface area contributed by atoms with E-state index in [9.17, 15) is 5.11 Å². The van der Waals surface area contributed by atoms with Crippen LogP contribution in [0.15, 0.2) is 47.0 Å². The molecule has 0 amide bonds. The van der Waals surface area contributed by atoms with Gasteiger partial charge in [0.1, 0.15) is 16.4 Å². The normalized spacial score (nSPS) is 13.7. The predicted octanol–water partition coefficient (Wildman–Crippen LogP) is 2.52. The van der Waals surface area contributed by atoms with Crippen LogP contribution in [-0.4, -0.2) is 46.0 Å². The van der Waals surface area contributed by atoms with E-state index >= 15 is 0 Å². The van der Waals surface area contributed by atoms with Crippen LogP contribution >= 0.6 is 11.3 Å². The third-order valence-electron chi connectivity index (χ3n) is 4.56. The maximum absolute atomic E-state index is 10.8. The molecule has 3 aromatic rings. The van der Waals surface area contributed by atoms with Crippen molar-refractivity contribution in [2.45, 2.75) is 26.0 Å². The highest BCUT2D eigenvalue weighted by molar-refractivity contribution is 7.13. The molecule has 2 aromatic heterocycles. The Morgan fingerprint density at radius 1 is 1.30 bits per heavy atom. The van der Waals surface area contributed by atoms with Crippen molar-refractivity contribution in [1.29, 1.82) is 0 Å². The van der Waals surface area contributed by atoms with Crippen LogP contribution in [0, 0.1) is 0 Å². The number of aliphatic imine (C=N–C) groups is 1. The fourth-order valence-corrected chi connectivity index (χ4v) is 3.62. The molecule has 0 aliphatic rings. The van der Waals surface area contributed by atoms with E-state index in [0.717, 1.165) is 34.1 Å². The largest absolute Gasteiger partial charge is 0.497 e. The number of aromatic nitrogens is 3. The van der Waals surface area contributed by atoms with Gasteiger partial charge in [-0.05, 0) is 38.1 Å². The lowest BCUT2D eigenvalue weighted by molar-refractivity contribution is 0.0616. The molecule has 0 fully saturated rings. The van der Waals surface area contributed by atoms with Gasteiger partial charge in [-0.15, -0.1) is 11.3 Å². The van der Waals surface area contributed by atoms with Crippen molar-refractivity contribution in [2.24, 2.45) is 12.0 Å². The standard InChI is InChI=1S/C21H28N6O2S/c1-5-22-20(24-14-21(2,28)16-10-25-27(3)12-16)23-11-17-13-30-19(26-17)15-6-8-18(29-4)9-7-15/h6-10,12-13,28H,5,11,14H2,1-4H3,(H2,22,23,24). The second kappa shape index (κ2) is 9.73. The van der Waals surface area contributed by atoms with Crippen LogP contribution in [0.1, 0.15) is 25.1 Å². The van der Waals surface area contributed by atoms with Crippen molar-refractivity contribution in [2.75, 3.05) is 20.2 Å². The zero-order chi connectivity index (χ0) is 21.6. The fourth-order valence-electron chi connectivity index (χ4n) is 2.80. The number of rotatable bonds is 8. The Labute approximate surface area is 180 Å². The van der Waals surface area contributed by atoms with E-state index in [4.69, 9.17) is 4.74 Å². The Balaban J connectivity index is 1.63. The predicted molar refractivity (Wildman–Crippen MR) is 120 cm³/mol. The maximum Gasteiger partial charge on any atom is 0.191 e. The molecular formula is C21H28N6O2S. The van der Waals surface area contributed by atoms with Crippen LogP contribution in [0.5, 0.6) is 5.75 Å². The van der Waals surface area contributed by atoms with Crippen LogP contribution in [0.25, 0.3) is 10.6 Å². The van der Waals surface area contributed by atoms with E-state index in [0.29, 0.717) is 19.0 Å². The third kappa shape index (κ3) is 5.58. The Morgan fingerprint density at radius 2 is 2.07 bits per heavy atom. The summed E-state index contributed by atoms with van der Waals surface area (Å²) in [6, 6.07) is 7.85. The second-order valence-corrected chi connectivity index (χ2v) is 7.96. The lowest BCUT2D eigenvalue weighted by atomic mass is 10.00. The smallest absolute Gasteiger partial charge is 0.191 e. The summed E-state index contributed by atoms with van der Waals surface area (Å²) in [5.74, 6) is 1.45. The van der Waals surface area contributed by atoms with Gasteiger partial charge < -0.3 is 20.5 Å². The molecule has 0 radical (unpaired) electrons. The number of hydrogen-bond acceptors (Lipinski definition) is 6. The van der Waals surface area contributed by atoms with Gasteiger partial charge in [0.05, 0.1) is 32.1 Å². The van der Waals surface area contributed by atoms with Crippen LogP contribution < -0.4 is 15.4 Å². The summed E-state index contributed by atoms with van der Waals surface area (Å²) in [7, 11) is 3.48. The first-order chi connectivity index (χ1) is 14.4. The molecule has 0 saturated heterocycles. The van der Waals surface area contributed by atoms with Gasteiger partial charge in [0.2, 0.25) is 0 Å². The van der Waals surface area contributed by atoms with Gasteiger partial charge in [0, 0.05) is 36.3 Å². The Hall–Kier alpha value is -2.91. The number of methoxy groups -OCH3 is 1. The SMILES string of the molecule is CCNC(=NCc1csc(-c2ccc(OC)cc2)n1)NCC(C)(O)c1cnn(C)c1. The number of nitrogens with one attached hydrogen (secondary N) is 2. The molecule has 1 unspecified atom stereocenters. The number of benzene rings is 1. The van der Waals surface area contributed by atoms with Gasteiger partial charge in [-0.1, -0.05) is 0 Å². The van der Waals surface area contributed by atoms with Gasteiger partial charge in [-0.3, -0.25) is 4.68 Å². The molecule has 30 heavy (non-hydrogen) atoms. The number of ether oxygens (including phenoxy) is 1. The van der Waals surface area contributed by atoms with Crippen molar-refractivity contribution < 1.29 is 9.84 Å². The third-order valence-corrected chi connectivity index (χ3v) is 5.50. The first kappa shape index (κ1) is 21.8. The average Bonchev–Trinajstić information content (AvgIpc) is 3.40. The summed E-state index contributed by atoms with van der Waals surface area (Å²) in [4.78, 5) is 9.29. The van der Waals surface area contributed by atoms with Crippen molar-refractivity contribution in [3.05, 3.63) is 53.3 Å². The molecule has 0 aliphatic carbocycles. The monoisotopic (exact) mass is 428 g/mol. The summed E-state index contributed by atoms with van der Waals surface area (Å²) >= 11 is 1.59. The van der Waals surface area contributed by atoms with E-state index in [1.165, 1.54) is 0 Å². The van der Waals surface area contributed by atoms with E-state index < -0.39 is 5.60 Å². The number of thiazole rings is 1. The van der Waals surface area contributed by atoms with Crippen molar-refractivity contribution in [1.82, 2.24) is 25.4 Å². The first-order valence-corrected chi connectivity index (χ1v) is 10.6. The molecule has 0 spiro atoms. The number of guanidine groups is 1. The number of nitrogens with zero attached hydrogens (tertiary/aromatic N) is 4. The molecule has 2 heterocycles. The minimum absolute atomic E-state index is 0.304. The lowest BCUT2D eigenvalue weighted by Gasteiger charge is -2.23. The zero-order valence-corrected chi connectivity index (χ0v) is 18.5. The second-order valence-electron chi connectivity index (χ2n) is 7.10. The maximum atomic E-state index is 10.8. The summed E-state index contributed by atoms with van der Waals surface area (Å²) in [5.41, 5.74) is 1.62. The minimum atomic E-state index is -1.06. The molecule has 3 rings (SSSR count). The molecule has 0 saturated carbocycles. The van der Waals surface area contributed by atoms with Gasteiger partial charge >= 0.3 is 0 Å². The van der Waals surface area contributed by atoms with E-state index in [1.807, 2.05) is 49.8 Å². The highest BCUT2D eigenvalue weighted by Gasteiger charge is 2.25. The summed E-state index contributed by atoms with van der Waals surface area (Å²) in [6.07, 6.45) is 3.48. The molecule has 9 heteroatoms. The fraction of sp³-hybridized carbons (Fsp3) is 0.381. The molecule has 160 valence electrons. The summed E-state index contributed by atoms with van der Waals surface area (Å²) in [5, 5.41) is 24.2. The molecule has 0 bridgehead atoms. The van der Waals surface area contributed by atoms with Gasteiger partial charge in [-0.2, -0.15) is 5.10 Å². The topological polar surface area (TPSA) is 96.6 Å². The quantitative estimate of drug-likeness (QED) is 0.377. The zero-order valence-electron chi connectivity index (χ0n) is 17.7. The average molecular weight is 429 g/mol. The Kier molecular flexibility index (Phi) is 7.07. The molecule has 1 aromatic carbocycles. The van der Waals surface area contributed by atoms with Crippen LogP contribution in [-0.2, 0) is 19.2 Å². The van der Waals surface area contributed by atoms with Crippen molar-refractivity contribution >= 4 is 17.3 Å². The lowest BCUT2D eigenvalue weighted by Crippen LogP contribution is -2.44. The number of hydrogen-bond donors (Lipinski definition) is 3. The number of aryl methyl sites for hydroxylation is 1. The van der Waals surface area contributed by atoms with Crippen molar-refractivity contribution in [3.8, 4) is 16.3 Å². The molecular weight excluding hydrogens is 400 g/mol. The molecule has 3 N–H and O–H groups in total. The summed E-state index contributed by atoms with van der Waals surface area (Å²) < 4.78 is 6.88. The molecule has 8 nitrogen and oxygen atoms in total. The van der Waals surface area contributed by atoms with Gasteiger partial charge in [-0.25, -0.2) is 9.98 Å². The van der Waals surface area contributed by atoms with E-state index in [-0.39, 0.29) is 0 Å². The Morgan fingerprint density at radius 3 is 2.70 bits per heavy atom. The number of aliphatic hydroxyl groups is 1. The van der Waals surface area contributed by atoms with Crippen LogP contribution in [0.4, 0.5) is 0 Å². The van der Waals surface area contributed by atoms with Crippen LogP contribution in [0.3, 0.4) is 0 Å². The highest BCUT2D eigenvalue weighted by atomic mass is 32.1. The minimum Gasteiger partial charge on any atom is -0.497 e. The highest BCUT2D eigenvalue weighted by Crippen LogP contribution is 2.26. The first-order valence-electron chi connectivity index (χ1n) is 9.74. The molecule has 1 atom stereocenters.